The lowest BCUT2D eigenvalue weighted by molar-refractivity contribution is 0.0274. The maximum absolute atomic E-state index is 12.2. The van der Waals surface area contributed by atoms with E-state index in [4.69, 9.17) is 9.84 Å². The van der Waals surface area contributed by atoms with Gasteiger partial charge in [-0.1, -0.05) is 12.8 Å². The van der Waals surface area contributed by atoms with Crippen molar-refractivity contribution in [2.45, 2.75) is 37.8 Å². The standard InChI is InChI=1S/C13H16BrNO4/c1-19-11-5-3-2-4-10(11)15-7-8(13(17)18)6-9(14)12(15)16/h6-7,10-11H,2-5H2,1H3,(H,17,18). The fourth-order valence-corrected chi connectivity index (χ4v) is 3.05. The zero-order chi connectivity index (χ0) is 14.0. The molecule has 0 saturated heterocycles. The second kappa shape index (κ2) is 5.88. The highest BCUT2D eigenvalue weighted by Gasteiger charge is 2.28. The van der Waals surface area contributed by atoms with Gasteiger partial charge < -0.3 is 14.4 Å². The smallest absolute Gasteiger partial charge is 0.337 e. The third kappa shape index (κ3) is 2.90. The van der Waals surface area contributed by atoms with Crippen molar-refractivity contribution in [1.29, 1.82) is 0 Å². The van der Waals surface area contributed by atoms with E-state index >= 15 is 0 Å². The van der Waals surface area contributed by atoms with Crippen molar-refractivity contribution in [2.24, 2.45) is 0 Å². The molecule has 1 heterocycles. The molecule has 0 bridgehead atoms. The summed E-state index contributed by atoms with van der Waals surface area (Å²) in [6.07, 6.45) is 5.19. The third-order valence-corrected chi connectivity index (χ3v) is 4.14. The molecule has 5 nitrogen and oxygen atoms in total. The third-order valence-electron chi connectivity index (χ3n) is 3.57. The van der Waals surface area contributed by atoms with Crippen LogP contribution in [0.3, 0.4) is 0 Å². The SMILES string of the molecule is COC1CCCCC1n1cc(C(=O)O)cc(Br)c1=O. The Labute approximate surface area is 119 Å². The molecule has 0 amide bonds. The quantitative estimate of drug-likeness (QED) is 0.924. The molecule has 2 rings (SSSR count). The molecule has 0 aromatic carbocycles. The molecule has 1 aliphatic rings. The molecule has 19 heavy (non-hydrogen) atoms. The maximum Gasteiger partial charge on any atom is 0.337 e. The molecule has 2 atom stereocenters. The average Bonchev–Trinajstić information content (AvgIpc) is 2.41. The summed E-state index contributed by atoms with van der Waals surface area (Å²) in [6, 6.07) is 1.24. The summed E-state index contributed by atoms with van der Waals surface area (Å²) in [5.74, 6) is -1.04. The first kappa shape index (κ1) is 14.3. The average molecular weight is 330 g/mol. The molecule has 1 aliphatic carbocycles. The van der Waals surface area contributed by atoms with Crippen LogP contribution in [-0.2, 0) is 4.74 Å². The summed E-state index contributed by atoms with van der Waals surface area (Å²) in [5.41, 5.74) is -0.106. The highest BCUT2D eigenvalue weighted by atomic mass is 79.9. The summed E-state index contributed by atoms with van der Waals surface area (Å²) >= 11 is 3.14. The molecule has 1 aromatic heterocycles. The van der Waals surface area contributed by atoms with Crippen LogP contribution >= 0.6 is 15.9 Å². The summed E-state index contributed by atoms with van der Waals surface area (Å²) in [7, 11) is 1.63. The highest BCUT2D eigenvalue weighted by molar-refractivity contribution is 9.10. The fourth-order valence-electron chi connectivity index (χ4n) is 2.60. The lowest BCUT2D eigenvalue weighted by Gasteiger charge is -2.32. The van der Waals surface area contributed by atoms with Crippen LogP contribution < -0.4 is 5.56 Å². The maximum atomic E-state index is 12.2. The number of halogens is 1. The molecular formula is C13H16BrNO4. The van der Waals surface area contributed by atoms with E-state index in [1.54, 1.807) is 7.11 Å². The van der Waals surface area contributed by atoms with Gasteiger partial charge in [0, 0.05) is 13.3 Å². The molecule has 2 unspecified atom stereocenters. The van der Waals surface area contributed by atoms with E-state index in [1.165, 1.54) is 16.8 Å². The zero-order valence-electron chi connectivity index (χ0n) is 10.6. The van der Waals surface area contributed by atoms with Crippen LogP contribution in [0.25, 0.3) is 0 Å². The molecule has 0 radical (unpaired) electrons. The van der Waals surface area contributed by atoms with Gasteiger partial charge in [-0.2, -0.15) is 0 Å². The first-order valence-corrected chi connectivity index (χ1v) is 7.01. The van der Waals surface area contributed by atoms with Gasteiger partial charge in [0.25, 0.3) is 5.56 Å². The van der Waals surface area contributed by atoms with Crippen LogP contribution in [0.15, 0.2) is 21.5 Å². The Morgan fingerprint density at radius 1 is 1.47 bits per heavy atom. The number of carboxylic acid groups (broad SMARTS) is 1. The number of ether oxygens (including phenoxy) is 1. The van der Waals surface area contributed by atoms with Gasteiger partial charge in [0.1, 0.15) is 0 Å². The highest BCUT2D eigenvalue weighted by Crippen LogP contribution is 2.30. The molecule has 104 valence electrons. The van der Waals surface area contributed by atoms with E-state index < -0.39 is 5.97 Å². The minimum absolute atomic E-state index is 0.0394. The van der Waals surface area contributed by atoms with Crippen LogP contribution in [-0.4, -0.2) is 28.9 Å². The van der Waals surface area contributed by atoms with Crippen LogP contribution in [0.5, 0.6) is 0 Å². The first-order valence-electron chi connectivity index (χ1n) is 6.22. The number of hydrogen-bond acceptors (Lipinski definition) is 3. The van der Waals surface area contributed by atoms with Crippen molar-refractivity contribution in [3.63, 3.8) is 0 Å². The molecule has 1 N–H and O–H groups in total. The van der Waals surface area contributed by atoms with Gasteiger partial charge in [0.2, 0.25) is 0 Å². The number of hydrogen-bond donors (Lipinski definition) is 1. The van der Waals surface area contributed by atoms with Gasteiger partial charge in [-0.15, -0.1) is 0 Å². The fraction of sp³-hybridized carbons (Fsp3) is 0.538. The Kier molecular flexibility index (Phi) is 4.42. The van der Waals surface area contributed by atoms with E-state index in [1.807, 2.05) is 0 Å². The van der Waals surface area contributed by atoms with Crippen molar-refractivity contribution in [3.8, 4) is 0 Å². The number of methoxy groups -OCH3 is 1. The second-order valence-corrected chi connectivity index (χ2v) is 5.57. The number of rotatable bonds is 3. The summed E-state index contributed by atoms with van der Waals surface area (Å²) < 4.78 is 7.20. The van der Waals surface area contributed by atoms with Crippen molar-refractivity contribution in [1.82, 2.24) is 4.57 Å². The lowest BCUT2D eigenvalue weighted by Crippen LogP contribution is -2.36. The van der Waals surface area contributed by atoms with Gasteiger partial charge in [-0.05, 0) is 34.8 Å². The van der Waals surface area contributed by atoms with Crippen molar-refractivity contribution < 1.29 is 14.6 Å². The molecule has 1 saturated carbocycles. The van der Waals surface area contributed by atoms with Crippen LogP contribution in [0.4, 0.5) is 0 Å². The van der Waals surface area contributed by atoms with Crippen molar-refractivity contribution in [3.05, 3.63) is 32.7 Å². The monoisotopic (exact) mass is 329 g/mol. The number of aromatic nitrogens is 1. The molecule has 1 aromatic rings. The van der Waals surface area contributed by atoms with E-state index in [0.29, 0.717) is 0 Å². The summed E-state index contributed by atoms with van der Waals surface area (Å²) in [5, 5.41) is 9.08. The van der Waals surface area contributed by atoms with Crippen LogP contribution in [0, 0.1) is 0 Å². The van der Waals surface area contributed by atoms with E-state index in [-0.39, 0.29) is 27.7 Å². The zero-order valence-corrected chi connectivity index (χ0v) is 12.2. The first-order chi connectivity index (χ1) is 9.04. The van der Waals surface area contributed by atoms with E-state index in [0.717, 1.165) is 25.7 Å². The van der Waals surface area contributed by atoms with Crippen molar-refractivity contribution in [2.75, 3.05) is 7.11 Å². The number of carboxylic acids is 1. The molecule has 0 aliphatic heterocycles. The number of carbonyl (C=O) groups is 1. The predicted octanol–water partition coefficient (Wildman–Crippen LogP) is 2.44. The van der Waals surface area contributed by atoms with Crippen molar-refractivity contribution >= 4 is 21.9 Å². The number of pyridine rings is 1. The molecule has 1 fully saturated rings. The Morgan fingerprint density at radius 2 is 2.16 bits per heavy atom. The molecule has 6 heteroatoms. The Bertz CT molecular complexity index is 540. The Hall–Kier alpha value is -1.14. The number of aromatic carboxylic acids is 1. The molecular weight excluding hydrogens is 314 g/mol. The van der Waals surface area contributed by atoms with Gasteiger partial charge >= 0.3 is 5.97 Å². The van der Waals surface area contributed by atoms with E-state index in [9.17, 15) is 9.59 Å². The summed E-state index contributed by atoms with van der Waals surface area (Å²) in [4.78, 5) is 23.3. The van der Waals surface area contributed by atoms with Gasteiger partial charge in [-0.3, -0.25) is 4.79 Å². The minimum atomic E-state index is -1.04. The summed E-state index contributed by atoms with van der Waals surface area (Å²) in [6.45, 7) is 0. The normalized spacial score (nSPS) is 23.3. The minimum Gasteiger partial charge on any atom is -0.478 e. The largest absolute Gasteiger partial charge is 0.478 e. The molecule has 0 spiro atoms. The Morgan fingerprint density at radius 3 is 2.79 bits per heavy atom. The predicted molar refractivity (Wildman–Crippen MR) is 73.7 cm³/mol. The van der Waals surface area contributed by atoms with Gasteiger partial charge in [0.05, 0.1) is 22.2 Å². The van der Waals surface area contributed by atoms with Crippen LogP contribution in [0.2, 0.25) is 0 Å². The second-order valence-electron chi connectivity index (χ2n) is 4.72. The Balaban J connectivity index is 2.47. The van der Waals surface area contributed by atoms with Gasteiger partial charge in [0.15, 0.2) is 0 Å². The van der Waals surface area contributed by atoms with Gasteiger partial charge in [-0.25, -0.2) is 4.79 Å². The topological polar surface area (TPSA) is 68.5 Å². The number of nitrogens with zero attached hydrogens (tertiary/aromatic N) is 1. The lowest BCUT2D eigenvalue weighted by atomic mass is 9.92. The van der Waals surface area contributed by atoms with E-state index in [2.05, 4.69) is 15.9 Å². The van der Waals surface area contributed by atoms with Crippen LogP contribution in [0.1, 0.15) is 42.1 Å².